The molecule has 10 heavy (non-hydrogen) atoms. The Balaban J connectivity index is 2.80. The van der Waals surface area contributed by atoms with Crippen molar-refractivity contribution in [2.75, 3.05) is 5.84 Å². The maximum Gasteiger partial charge on any atom is 0.131 e. The highest BCUT2D eigenvalue weighted by Gasteiger charge is 2.05. The second kappa shape index (κ2) is 1.66. The first kappa shape index (κ1) is 5.16. The summed E-state index contributed by atoms with van der Waals surface area (Å²) in [4.78, 5) is 3.82. The minimum absolute atomic E-state index is 0.713. The number of rotatable bonds is 0. The molecule has 0 bridgehead atoms. The predicted octanol–water partition coefficient (Wildman–Crippen LogP) is -0.508. The van der Waals surface area contributed by atoms with E-state index >= 15 is 0 Å². The molecular formula is C5H5N5. The van der Waals surface area contributed by atoms with Gasteiger partial charge in [0.15, 0.2) is 0 Å². The van der Waals surface area contributed by atoms with Gasteiger partial charge in [-0.05, 0) is 0 Å². The van der Waals surface area contributed by atoms with Gasteiger partial charge in [-0.25, -0.2) is 9.66 Å². The molecule has 0 unspecified atom stereocenters. The van der Waals surface area contributed by atoms with Crippen LogP contribution in [0.15, 0.2) is 18.7 Å². The molecular weight excluding hydrogens is 130 g/mol. The Kier molecular flexibility index (Phi) is 0.858. The van der Waals surface area contributed by atoms with Crippen LogP contribution in [0.2, 0.25) is 0 Å². The van der Waals surface area contributed by atoms with Crippen molar-refractivity contribution in [2.45, 2.75) is 0 Å². The topological polar surface area (TPSA) is 69.6 Å². The Bertz CT molecular complexity index is 314. The normalized spacial score (nSPS) is 10.4. The van der Waals surface area contributed by atoms with E-state index in [0.29, 0.717) is 5.69 Å². The predicted molar refractivity (Wildman–Crippen MR) is 34.6 cm³/mol. The fourth-order valence-electron chi connectivity index (χ4n) is 0.792. The molecule has 2 rings (SSSR count). The highest BCUT2D eigenvalue weighted by molar-refractivity contribution is 5.52. The van der Waals surface area contributed by atoms with Gasteiger partial charge in [-0.3, -0.25) is 0 Å². The summed E-state index contributed by atoms with van der Waals surface area (Å²) in [6.07, 6.45) is 4.72. The van der Waals surface area contributed by atoms with Crippen LogP contribution in [0.5, 0.6) is 0 Å². The Labute approximate surface area is 56.8 Å². The smallest absolute Gasteiger partial charge is 0.131 e. The maximum absolute atomic E-state index is 5.47. The molecule has 0 saturated carbocycles. The Morgan fingerprint density at radius 3 is 3.10 bits per heavy atom. The summed E-state index contributed by atoms with van der Waals surface area (Å²) >= 11 is 0. The number of hydrogen-bond donors (Lipinski definition) is 1. The van der Waals surface area contributed by atoms with Gasteiger partial charge in [-0.1, -0.05) is 0 Å². The molecule has 0 radical (unpaired) electrons. The molecule has 5 heteroatoms. The van der Waals surface area contributed by atoms with Gasteiger partial charge in [0.05, 0.1) is 12.4 Å². The van der Waals surface area contributed by atoms with Gasteiger partial charge >= 0.3 is 0 Å². The lowest BCUT2D eigenvalue weighted by molar-refractivity contribution is 0.940. The minimum Gasteiger partial charge on any atom is -0.338 e. The van der Waals surface area contributed by atoms with Crippen molar-refractivity contribution in [3.05, 3.63) is 18.7 Å². The lowest BCUT2D eigenvalue weighted by Crippen LogP contribution is -2.11. The van der Waals surface area contributed by atoms with E-state index in [0.717, 1.165) is 5.69 Å². The van der Waals surface area contributed by atoms with Crippen LogP contribution in [0, 0.1) is 0 Å². The van der Waals surface area contributed by atoms with Crippen LogP contribution in [-0.4, -0.2) is 19.9 Å². The summed E-state index contributed by atoms with van der Waals surface area (Å²) in [5.41, 5.74) is 1.50. The molecule has 0 aliphatic carbocycles. The van der Waals surface area contributed by atoms with Gasteiger partial charge in [0.1, 0.15) is 17.7 Å². The van der Waals surface area contributed by atoms with Crippen molar-refractivity contribution in [3.8, 4) is 11.4 Å². The summed E-state index contributed by atoms with van der Waals surface area (Å²) in [5.74, 6) is 5.47. The summed E-state index contributed by atoms with van der Waals surface area (Å²) in [5, 5.41) is 7.44. The van der Waals surface area contributed by atoms with E-state index in [9.17, 15) is 0 Å². The fourth-order valence-corrected chi connectivity index (χ4v) is 0.792. The van der Waals surface area contributed by atoms with Crippen LogP contribution in [0.25, 0.3) is 11.4 Å². The molecule has 0 fully saturated rings. The molecule has 5 nitrogen and oxygen atoms in total. The summed E-state index contributed by atoms with van der Waals surface area (Å²) in [6.45, 7) is 0. The van der Waals surface area contributed by atoms with Gasteiger partial charge in [-0.15, -0.1) is 5.10 Å². The van der Waals surface area contributed by atoms with Crippen LogP contribution in [0.3, 0.4) is 0 Å². The van der Waals surface area contributed by atoms with Crippen molar-refractivity contribution in [1.29, 1.82) is 0 Å². The number of aromatic nitrogens is 4. The molecule has 0 spiro atoms. The number of nitrogens with zero attached hydrogens (tertiary/aromatic N) is 4. The zero-order valence-corrected chi connectivity index (χ0v) is 5.10. The second-order valence-electron chi connectivity index (χ2n) is 1.92. The van der Waals surface area contributed by atoms with Gasteiger partial charge in [0.25, 0.3) is 0 Å². The molecule has 0 saturated heterocycles. The largest absolute Gasteiger partial charge is 0.338 e. The van der Waals surface area contributed by atoms with Gasteiger partial charge < -0.3 is 5.84 Å². The third-order valence-electron chi connectivity index (χ3n) is 1.27. The minimum atomic E-state index is 0.713. The van der Waals surface area contributed by atoms with E-state index in [1.807, 2.05) is 0 Å². The summed E-state index contributed by atoms with van der Waals surface area (Å²) < 4.78 is 1.38. The molecule has 2 aliphatic heterocycles. The van der Waals surface area contributed by atoms with E-state index in [1.54, 1.807) is 12.4 Å². The maximum atomic E-state index is 5.47. The van der Waals surface area contributed by atoms with E-state index in [1.165, 1.54) is 11.0 Å². The highest BCUT2D eigenvalue weighted by Crippen LogP contribution is 2.12. The Hall–Kier alpha value is -1.65. The number of nitrogens with two attached hydrogens (primary N) is 1. The number of nitrogen functional groups attached to an aromatic ring is 1. The van der Waals surface area contributed by atoms with Crippen molar-refractivity contribution < 1.29 is 0 Å². The Morgan fingerprint density at radius 1 is 1.40 bits per heavy atom. The second-order valence-corrected chi connectivity index (χ2v) is 1.92. The van der Waals surface area contributed by atoms with Gasteiger partial charge in [0, 0.05) is 0 Å². The zero-order valence-electron chi connectivity index (χ0n) is 5.10. The van der Waals surface area contributed by atoms with Crippen LogP contribution in [0.1, 0.15) is 0 Å². The lowest BCUT2D eigenvalue weighted by Gasteiger charge is -2.00. The molecule has 0 aromatic rings. The molecule has 2 aliphatic rings. The van der Waals surface area contributed by atoms with Crippen LogP contribution in [-0.2, 0) is 0 Å². The molecule has 0 aromatic heterocycles. The summed E-state index contributed by atoms with van der Waals surface area (Å²) in [6, 6.07) is 0. The zero-order chi connectivity index (χ0) is 6.97. The first-order chi connectivity index (χ1) is 4.88. The van der Waals surface area contributed by atoms with Crippen molar-refractivity contribution in [2.24, 2.45) is 0 Å². The molecule has 0 atom stereocenters. The monoisotopic (exact) mass is 135 g/mol. The van der Waals surface area contributed by atoms with E-state index in [-0.39, 0.29) is 0 Å². The van der Waals surface area contributed by atoms with Gasteiger partial charge in [0.2, 0.25) is 0 Å². The molecule has 0 aromatic carbocycles. The fraction of sp³-hybridized carbons (Fsp3) is 0. The van der Waals surface area contributed by atoms with Crippen molar-refractivity contribution in [3.63, 3.8) is 0 Å². The lowest BCUT2D eigenvalue weighted by atomic mass is 10.4. The average Bonchev–Trinajstić information content (AvgIpc) is 2.36. The molecule has 0 amide bonds. The molecule has 2 heterocycles. The highest BCUT2D eigenvalue weighted by atomic mass is 15.3. The quantitative estimate of drug-likeness (QED) is 0.494. The van der Waals surface area contributed by atoms with E-state index in [4.69, 9.17) is 5.84 Å². The first-order valence-electron chi connectivity index (χ1n) is 2.77. The van der Waals surface area contributed by atoms with Crippen LogP contribution >= 0.6 is 0 Å². The SMILES string of the molecule is Nn1cncc2nncc1-2. The number of hydrogen-bond acceptors (Lipinski definition) is 4. The van der Waals surface area contributed by atoms with E-state index < -0.39 is 0 Å². The van der Waals surface area contributed by atoms with Crippen LogP contribution in [0.4, 0.5) is 0 Å². The standard InChI is InChI=1S/C5H5N5/c6-10-3-7-1-4-5(10)2-8-9-4/h1-3H,6H2. The van der Waals surface area contributed by atoms with Crippen molar-refractivity contribution in [1.82, 2.24) is 19.9 Å². The van der Waals surface area contributed by atoms with E-state index in [2.05, 4.69) is 15.2 Å². The summed E-state index contributed by atoms with van der Waals surface area (Å²) in [7, 11) is 0. The third-order valence-corrected chi connectivity index (χ3v) is 1.27. The number of fused-ring (bicyclic) bond motifs is 1. The van der Waals surface area contributed by atoms with Gasteiger partial charge in [-0.2, -0.15) is 5.10 Å². The van der Waals surface area contributed by atoms with Crippen molar-refractivity contribution >= 4 is 0 Å². The Morgan fingerprint density at radius 2 is 2.30 bits per heavy atom. The first-order valence-corrected chi connectivity index (χ1v) is 2.77. The van der Waals surface area contributed by atoms with Crippen LogP contribution < -0.4 is 5.84 Å². The average molecular weight is 135 g/mol. The third kappa shape index (κ3) is 0.540. The molecule has 2 N–H and O–H groups in total. The molecule has 50 valence electrons.